The van der Waals surface area contributed by atoms with Gasteiger partial charge in [-0.3, -0.25) is 0 Å². The molecule has 0 N–H and O–H groups in total. The van der Waals surface area contributed by atoms with E-state index in [1.807, 2.05) is 29.1 Å². The van der Waals surface area contributed by atoms with Crippen LogP contribution in [-0.4, -0.2) is 9.78 Å². The minimum absolute atomic E-state index is 1.00. The van der Waals surface area contributed by atoms with Crippen molar-refractivity contribution in [3.8, 4) is 16.9 Å². The van der Waals surface area contributed by atoms with Crippen LogP contribution < -0.4 is 0 Å². The number of rotatable bonds is 2. The van der Waals surface area contributed by atoms with E-state index in [1.165, 1.54) is 11.1 Å². The highest BCUT2D eigenvalue weighted by Crippen LogP contribution is 2.20. The van der Waals surface area contributed by atoms with Crippen LogP contribution in [0.3, 0.4) is 0 Å². The molecular formula is C17H16N2. The Balaban J connectivity index is 2.02. The van der Waals surface area contributed by atoms with E-state index in [4.69, 9.17) is 0 Å². The van der Waals surface area contributed by atoms with Gasteiger partial charge in [-0.2, -0.15) is 5.10 Å². The Morgan fingerprint density at radius 2 is 1.68 bits per heavy atom. The van der Waals surface area contributed by atoms with E-state index in [9.17, 15) is 0 Å². The molecule has 94 valence electrons. The van der Waals surface area contributed by atoms with Gasteiger partial charge in [-0.15, -0.1) is 0 Å². The fourth-order valence-corrected chi connectivity index (χ4v) is 2.28. The van der Waals surface area contributed by atoms with E-state index in [1.54, 1.807) is 0 Å². The lowest BCUT2D eigenvalue weighted by Crippen LogP contribution is -1.98. The third kappa shape index (κ3) is 2.29. The second-order valence-corrected chi connectivity index (χ2v) is 4.80. The quantitative estimate of drug-likeness (QED) is 0.666. The molecule has 0 aliphatic carbocycles. The SMILES string of the molecule is Cc1ccc(-n2ccc(-c3ccccc3)n2)c(C)c1. The number of benzene rings is 2. The number of nitrogens with zero attached hydrogens (tertiary/aromatic N) is 2. The van der Waals surface area contributed by atoms with Crippen LogP contribution in [-0.2, 0) is 0 Å². The van der Waals surface area contributed by atoms with Gasteiger partial charge in [0, 0.05) is 11.8 Å². The molecule has 0 aliphatic rings. The van der Waals surface area contributed by atoms with E-state index >= 15 is 0 Å². The number of hydrogen-bond acceptors (Lipinski definition) is 1. The van der Waals surface area contributed by atoms with Crippen LogP contribution in [0, 0.1) is 13.8 Å². The third-order valence-electron chi connectivity index (χ3n) is 3.26. The molecule has 0 fully saturated rings. The minimum atomic E-state index is 1.00. The molecule has 0 saturated carbocycles. The summed E-state index contributed by atoms with van der Waals surface area (Å²) >= 11 is 0. The second kappa shape index (κ2) is 4.73. The Hall–Kier alpha value is -2.35. The van der Waals surface area contributed by atoms with Gasteiger partial charge < -0.3 is 0 Å². The first-order valence-corrected chi connectivity index (χ1v) is 6.43. The molecule has 0 radical (unpaired) electrons. The Morgan fingerprint density at radius 1 is 0.895 bits per heavy atom. The van der Waals surface area contributed by atoms with Crippen LogP contribution in [0.2, 0.25) is 0 Å². The summed E-state index contributed by atoms with van der Waals surface area (Å²) in [6.45, 7) is 4.22. The van der Waals surface area contributed by atoms with Gasteiger partial charge in [0.05, 0.1) is 11.4 Å². The highest BCUT2D eigenvalue weighted by Gasteiger charge is 2.05. The smallest absolute Gasteiger partial charge is 0.0927 e. The zero-order chi connectivity index (χ0) is 13.2. The van der Waals surface area contributed by atoms with Gasteiger partial charge in [0.2, 0.25) is 0 Å². The molecule has 1 heterocycles. The predicted octanol–water partition coefficient (Wildman–Crippen LogP) is 4.16. The first kappa shape index (κ1) is 11.7. The Labute approximate surface area is 113 Å². The van der Waals surface area contributed by atoms with Gasteiger partial charge >= 0.3 is 0 Å². The van der Waals surface area contributed by atoms with Crippen LogP contribution in [0.25, 0.3) is 16.9 Å². The Morgan fingerprint density at radius 3 is 2.42 bits per heavy atom. The molecule has 0 amide bonds. The fraction of sp³-hybridized carbons (Fsp3) is 0.118. The van der Waals surface area contributed by atoms with Crippen LogP contribution in [0.5, 0.6) is 0 Å². The van der Waals surface area contributed by atoms with E-state index in [0.29, 0.717) is 0 Å². The number of aryl methyl sites for hydroxylation is 2. The molecule has 1 aromatic heterocycles. The largest absolute Gasteiger partial charge is 0.240 e. The standard InChI is InChI=1S/C17H16N2/c1-13-8-9-17(14(2)12-13)19-11-10-16(18-19)15-6-4-3-5-7-15/h3-12H,1-2H3. The Kier molecular flexibility index (Phi) is 2.92. The lowest BCUT2D eigenvalue weighted by molar-refractivity contribution is 0.875. The van der Waals surface area contributed by atoms with Gasteiger partial charge in [0.25, 0.3) is 0 Å². The molecule has 2 heteroatoms. The van der Waals surface area contributed by atoms with Gasteiger partial charge in [0.15, 0.2) is 0 Å². The normalized spacial score (nSPS) is 10.6. The molecular weight excluding hydrogens is 232 g/mol. The van der Waals surface area contributed by atoms with E-state index in [0.717, 1.165) is 16.9 Å². The van der Waals surface area contributed by atoms with Crippen molar-refractivity contribution in [1.29, 1.82) is 0 Å². The van der Waals surface area contributed by atoms with Crippen molar-refractivity contribution in [3.63, 3.8) is 0 Å². The Bertz CT molecular complexity index is 696. The first-order chi connectivity index (χ1) is 9.24. The van der Waals surface area contributed by atoms with Crippen molar-refractivity contribution in [2.75, 3.05) is 0 Å². The highest BCUT2D eigenvalue weighted by atomic mass is 15.3. The van der Waals surface area contributed by atoms with Crippen LogP contribution in [0.4, 0.5) is 0 Å². The third-order valence-corrected chi connectivity index (χ3v) is 3.26. The summed E-state index contributed by atoms with van der Waals surface area (Å²) in [5.41, 5.74) is 5.79. The first-order valence-electron chi connectivity index (χ1n) is 6.43. The van der Waals surface area contributed by atoms with Crippen LogP contribution in [0.15, 0.2) is 60.8 Å². The summed E-state index contributed by atoms with van der Waals surface area (Å²) in [6, 6.07) is 18.7. The van der Waals surface area contributed by atoms with Crippen molar-refractivity contribution in [2.24, 2.45) is 0 Å². The van der Waals surface area contributed by atoms with Gasteiger partial charge in [-0.25, -0.2) is 4.68 Å². The lowest BCUT2D eigenvalue weighted by atomic mass is 10.1. The summed E-state index contributed by atoms with van der Waals surface area (Å²) in [7, 11) is 0. The second-order valence-electron chi connectivity index (χ2n) is 4.80. The predicted molar refractivity (Wildman–Crippen MR) is 78.5 cm³/mol. The molecule has 0 atom stereocenters. The average molecular weight is 248 g/mol. The van der Waals surface area contributed by atoms with Crippen molar-refractivity contribution < 1.29 is 0 Å². The lowest BCUT2D eigenvalue weighted by Gasteiger charge is -2.06. The molecule has 3 aromatic rings. The van der Waals surface area contributed by atoms with Crippen LogP contribution in [0.1, 0.15) is 11.1 Å². The summed E-state index contributed by atoms with van der Waals surface area (Å²) in [5.74, 6) is 0. The molecule has 2 nitrogen and oxygen atoms in total. The molecule has 0 bridgehead atoms. The summed E-state index contributed by atoms with van der Waals surface area (Å²) in [6.07, 6.45) is 2.01. The van der Waals surface area contributed by atoms with Crippen molar-refractivity contribution in [2.45, 2.75) is 13.8 Å². The monoisotopic (exact) mass is 248 g/mol. The topological polar surface area (TPSA) is 17.8 Å². The number of aromatic nitrogens is 2. The van der Waals surface area contributed by atoms with Crippen LogP contribution >= 0.6 is 0 Å². The summed E-state index contributed by atoms with van der Waals surface area (Å²) in [5, 5.41) is 4.66. The fourth-order valence-electron chi connectivity index (χ4n) is 2.28. The van der Waals surface area contributed by atoms with Gasteiger partial charge in [-0.05, 0) is 31.5 Å². The van der Waals surface area contributed by atoms with Crippen molar-refractivity contribution >= 4 is 0 Å². The van der Waals surface area contributed by atoms with E-state index < -0.39 is 0 Å². The molecule has 3 rings (SSSR count). The molecule has 0 saturated heterocycles. The van der Waals surface area contributed by atoms with E-state index in [2.05, 4.69) is 55.3 Å². The van der Waals surface area contributed by atoms with E-state index in [-0.39, 0.29) is 0 Å². The number of hydrogen-bond donors (Lipinski definition) is 0. The maximum absolute atomic E-state index is 4.66. The van der Waals surface area contributed by atoms with Crippen molar-refractivity contribution in [1.82, 2.24) is 9.78 Å². The maximum atomic E-state index is 4.66. The maximum Gasteiger partial charge on any atom is 0.0927 e. The zero-order valence-electron chi connectivity index (χ0n) is 11.2. The van der Waals surface area contributed by atoms with Gasteiger partial charge in [0.1, 0.15) is 0 Å². The van der Waals surface area contributed by atoms with Gasteiger partial charge in [-0.1, -0.05) is 48.0 Å². The average Bonchev–Trinajstić information content (AvgIpc) is 2.89. The zero-order valence-corrected chi connectivity index (χ0v) is 11.2. The van der Waals surface area contributed by atoms with Crippen molar-refractivity contribution in [3.05, 3.63) is 71.9 Å². The summed E-state index contributed by atoms with van der Waals surface area (Å²) in [4.78, 5) is 0. The molecule has 19 heavy (non-hydrogen) atoms. The molecule has 0 spiro atoms. The molecule has 0 aliphatic heterocycles. The molecule has 2 aromatic carbocycles. The molecule has 0 unspecified atom stereocenters. The highest BCUT2D eigenvalue weighted by molar-refractivity contribution is 5.58. The summed E-state index contributed by atoms with van der Waals surface area (Å²) < 4.78 is 1.94. The minimum Gasteiger partial charge on any atom is -0.240 e.